The Morgan fingerprint density at radius 3 is 2.67 bits per heavy atom. The predicted molar refractivity (Wildman–Crippen MR) is 68.8 cm³/mol. The first kappa shape index (κ1) is 11.5. The van der Waals surface area contributed by atoms with Crippen LogP contribution in [0.5, 0.6) is 0 Å². The van der Waals surface area contributed by atoms with Crippen molar-refractivity contribution in [3.05, 3.63) is 29.8 Å². The SMILES string of the molecule is Nc1ccccc1CN(C1CC1)C1CCOC1=O. The lowest BCUT2D eigenvalue weighted by molar-refractivity contribution is -0.142. The van der Waals surface area contributed by atoms with Crippen molar-refractivity contribution in [3.63, 3.8) is 0 Å². The quantitative estimate of drug-likeness (QED) is 0.647. The molecule has 1 heterocycles. The van der Waals surface area contributed by atoms with E-state index >= 15 is 0 Å². The van der Waals surface area contributed by atoms with Crippen molar-refractivity contribution in [2.24, 2.45) is 0 Å². The number of para-hydroxylation sites is 1. The van der Waals surface area contributed by atoms with Gasteiger partial charge in [0.15, 0.2) is 0 Å². The molecular formula is C14H18N2O2. The number of nitrogen functional groups attached to an aromatic ring is 1. The molecule has 1 unspecified atom stereocenters. The van der Waals surface area contributed by atoms with E-state index in [2.05, 4.69) is 4.90 Å². The van der Waals surface area contributed by atoms with Gasteiger partial charge in [-0.3, -0.25) is 9.69 Å². The summed E-state index contributed by atoms with van der Waals surface area (Å²) in [4.78, 5) is 14.0. The van der Waals surface area contributed by atoms with Crippen molar-refractivity contribution in [1.29, 1.82) is 0 Å². The largest absolute Gasteiger partial charge is 0.464 e. The average Bonchev–Trinajstić information content (AvgIpc) is 3.11. The number of nitrogens with zero attached hydrogens (tertiary/aromatic N) is 1. The Labute approximate surface area is 107 Å². The Morgan fingerprint density at radius 2 is 2.06 bits per heavy atom. The first-order valence-electron chi connectivity index (χ1n) is 6.51. The van der Waals surface area contributed by atoms with E-state index in [0.717, 1.165) is 24.2 Å². The van der Waals surface area contributed by atoms with E-state index in [1.54, 1.807) is 0 Å². The second kappa shape index (κ2) is 4.61. The van der Waals surface area contributed by atoms with Crippen molar-refractivity contribution in [3.8, 4) is 0 Å². The number of carbonyl (C=O) groups excluding carboxylic acids is 1. The van der Waals surface area contributed by atoms with Gasteiger partial charge in [-0.15, -0.1) is 0 Å². The summed E-state index contributed by atoms with van der Waals surface area (Å²) in [7, 11) is 0. The van der Waals surface area contributed by atoms with Crippen molar-refractivity contribution in [2.75, 3.05) is 12.3 Å². The maximum atomic E-state index is 11.7. The van der Waals surface area contributed by atoms with Gasteiger partial charge in [-0.25, -0.2) is 0 Å². The van der Waals surface area contributed by atoms with Crippen LogP contribution in [0, 0.1) is 0 Å². The summed E-state index contributed by atoms with van der Waals surface area (Å²) in [6, 6.07) is 8.32. The predicted octanol–water partition coefficient (Wildman–Crippen LogP) is 1.55. The molecule has 4 nitrogen and oxygen atoms in total. The van der Waals surface area contributed by atoms with Gasteiger partial charge in [0.05, 0.1) is 6.61 Å². The Bertz CT molecular complexity index is 457. The maximum absolute atomic E-state index is 11.7. The van der Waals surface area contributed by atoms with Gasteiger partial charge in [-0.2, -0.15) is 0 Å². The number of anilines is 1. The molecule has 0 radical (unpaired) electrons. The van der Waals surface area contributed by atoms with Crippen LogP contribution in [0.25, 0.3) is 0 Å². The van der Waals surface area contributed by atoms with Crippen LogP contribution in [0.1, 0.15) is 24.8 Å². The fourth-order valence-electron chi connectivity index (χ4n) is 2.56. The number of hydrogen-bond donors (Lipinski definition) is 1. The van der Waals surface area contributed by atoms with E-state index in [1.807, 2.05) is 24.3 Å². The van der Waals surface area contributed by atoms with Crippen molar-refractivity contribution >= 4 is 11.7 Å². The monoisotopic (exact) mass is 246 g/mol. The van der Waals surface area contributed by atoms with Gasteiger partial charge in [0.25, 0.3) is 0 Å². The van der Waals surface area contributed by atoms with E-state index in [-0.39, 0.29) is 12.0 Å². The molecule has 2 fully saturated rings. The van der Waals surface area contributed by atoms with Crippen molar-refractivity contribution < 1.29 is 9.53 Å². The lowest BCUT2D eigenvalue weighted by Gasteiger charge is -2.26. The summed E-state index contributed by atoms with van der Waals surface area (Å²) in [5.41, 5.74) is 7.88. The minimum absolute atomic E-state index is 0.0721. The summed E-state index contributed by atoms with van der Waals surface area (Å²) in [5.74, 6) is -0.0728. The zero-order valence-electron chi connectivity index (χ0n) is 10.3. The van der Waals surface area contributed by atoms with Crippen LogP contribution in [0.15, 0.2) is 24.3 Å². The Kier molecular flexibility index (Phi) is 2.96. The van der Waals surface area contributed by atoms with Gasteiger partial charge in [0.2, 0.25) is 0 Å². The molecule has 0 aromatic heterocycles. The summed E-state index contributed by atoms with van der Waals surface area (Å²) in [5, 5.41) is 0. The third-order valence-corrected chi connectivity index (χ3v) is 3.73. The van der Waals surface area contributed by atoms with E-state index in [9.17, 15) is 4.79 Å². The first-order valence-corrected chi connectivity index (χ1v) is 6.51. The highest BCUT2D eigenvalue weighted by atomic mass is 16.5. The zero-order chi connectivity index (χ0) is 12.5. The number of carbonyl (C=O) groups is 1. The average molecular weight is 246 g/mol. The summed E-state index contributed by atoms with van der Waals surface area (Å²) < 4.78 is 5.08. The number of cyclic esters (lactones) is 1. The van der Waals surface area contributed by atoms with Gasteiger partial charge < -0.3 is 10.5 Å². The minimum atomic E-state index is -0.0728. The van der Waals surface area contributed by atoms with E-state index < -0.39 is 0 Å². The fraction of sp³-hybridized carbons (Fsp3) is 0.500. The van der Waals surface area contributed by atoms with Crippen LogP contribution in [0.3, 0.4) is 0 Å². The van der Waals surface area contributed by atoms with E-state index in [4.69, 9.17) is 10.5 Å². The molecule has 1 aromatic rings. The number of rotatable bonds is 4. The van der Waals surface area contributed by atoms with Crippen LogP contribution in [0.2, 0.25) is 0 Å². The molecule has 1 saturated heterocycles. The number of benzene rings is 1. The fourth-order valence-corrected chi connectivity index (χ4v) is 2.56. The van der Waals surface area contributed by atoms with Crippen LogP contribution in [0.4, 0.5) is 5.69 Å². The number of hydrogen-bond acceptors (Lipinski definition) is 4. The molecule has 0 spiro atoms. The van der Waals surface area contributed by atoms with Crippen LogP contribution < -0.4 is 5.73 Å². The molecule has 3 rings (SSSR count). The van der Waals surface area contributed by atoms with Gasteiger partial charge in [-0.1, -0.05) is 18.2 Å². The summed E-state index contributed by atoms with van der Waals surface area (Å²) in [6.07, 6.45) is 3.16. The molecule has 2 N–H and O–H groups in total. The van der Waals surface area contributed by atoms with Crippen molar-refractivity contribution in [1.82, 2.24) is 4.90 Å². The molecule has 18 heavy (non-hydrogen) atoms. The molecule has 1 saturated carbocycles. The minimum Gasteiger partial charge on any atom is -0.464 e. The van der Waals surface area contributed by atoms with Gasteiger partial charge >= 0.3 is 5.97 Å². The lowest BCUT2D eigenvalue weighted by Crippen LogP contribution is -2.39. The molecule has 0 bridgehead atoms. The normalized spacial score (nSPS) is 23.4. The smallest absolute Gasteiger partial charge is 0.323 e. The highest BCUT2D eigenvalue weighted by Crippen LogP contribution is 2.33. The van der Waals surface area contributed by atoms with Gasteiger partial charge in [0.1, 0.15) is 6.04 Å². The maximum Gasteiger partial charge on any atom is 0.323 e. The highest BCUT2D eigenvalue weighted by Gasteiger charge is 2.40. The van der Waals surface area contributed by atoms with Gasteiger partial charge in [0, 0.05) is 24.7 Å². The topological polar surface area (TPSA) is 55.6 Å². The lowest BCUT2D eigenvalue weighted by atomic mass is 10.1. The Balaban J connectivity index is 1.78. The van der Waals surface area contributed by atoms with E-state index in [0.29, 0.717) is 12.6 Å². The number of ether oxygens (including phenoxy) is 1. The zero-order valence-corrected chi connectivity index (χ0v) is 10.3. The molecule has 1 aliphatic heterocycles. The molecule has 1 atom stereocenters. The Morgan fingerprint density at radius 1 is 1.28 bits per heavy atom. The molecule has 2 aliphatic rings. The second-order valence-electron chi connectivity index (χ2n) is 5.07. The standard InChI is InChI=1S/C14H18N2O2/c15-12-4-2-1-3-10(12)9-16(11-5-6-11)13-7-8-18-14(13)17/h1-4,11,13H,5-9,15H2. The Hall–Kier alpha value is -1.55. The molecule has 1 aliphatic carbocycles. The second-order valence-corrected chi connectivity index (χ2v) is 5.07. The van der Waals surface area contributed by atoms with Gasteiger partial charge in [-0.05, 0) is 24.5 Å². The summed E-state index contributed by atoms with van der Waals surface area (Å²) >= 11 is 0. The molecular weight excluding hydrogens is 228 g/mol. The third kappa shape index (κ3) is 2.20. The molecule has 96 valence electrons. The van der Waals surface area contributed by atoms with Crippen molar-refractivity contribution in [2.45, 2.75) is 37.9 Å². The van der Waals surface area contributed by atoms with E-state index in [1.165, 1.54) is 12.8 Å². The highest BCUT2D eigenvalue weighted by molar-refractivity contribution is 5.77. The van der Waals surface area contributed by atoms with Crippen LogP contribution in [-0.4, -0.2) is 29.6 Å². The number of nitrogens with two attached hydrogens (primary N) is 1. The van der Waals surface area contributed by atoms with Crippen LogP contribution in [-0.2, 0) is 16.1 Å². The molecule has 4 heteroatoms. The van der Waals surface area contributed by atoms with Crippen LogP contribution >= 0.6 is 0 Å². The third-order valence-electron chi connectivity index (χ3n) is 3.73. The summed E-state index contributed by atoms with van der Waals surface area (Å²) in [6.45, 7) is 1.30. The number of esters is 1. The molecule has 0 amide bonds. The molecule has 1 aromatic carbocycles. The first-order chi connectivity index (χ1) is 8.75.